The minimum atomic E-state index is -2.86. The number of hydrogen-bond acceptors (Lipinski definition) is 4. The van der Waals surface area contributed by atoms with E-state index in [0.29, 0.717) is 12.2 Å². The zero-order chi connectivity index (χ0) is 16.8. The molecule has 0 saturated heterocycles. The van der Waals surface area contributed by atoms with Gasteiger partial charge in [0.2, 0.25) is 5.91 Å². The molecule has 0 saturated carbocycles. The molecular weight excluding hydrogens is 322 g/mol. The van der Waals surface area contributed by atoms with Crippen molar-refractivity contribution >= 4 is 22.9 Å². The largest absolute Gasteiger partial charge is 0.435 e. The summed E-state index contributed by atoms with van der Waals surface area (Å²) in [7, 11) is 1.88. The summed E-state index contributed by atoms with van der Waals surface area (Å²) in [5.74, 6) is -0.106. The van der Waals surface area contributed by atoms with Crippen molar-refractivity contribution < 1.29 is 18.3 Å². The highest BCUT2D eigenvalue weighted by molar-refractivity contribution is 7.07. The highest BCUT2D eigenvalue weighted by atomic mass is 32.1. The van der Waals surface area contributed by atoms with Crippen molar-refractivity contribution in [2.24, 2.45) is 0 Å². The smallest absolute Gasteiger partial charge is 0.387 e. The lowest BCUT2D eigenvalue weighted by molar-refractivity contribution is -0.120. The van der Waals surface area contributed by atoms with Crippen LogP contribution in [0.15, 0.2) is 41.1 Å². The van der Waals surface area contributed by atoms with Gasteiger partial charge in [0, 0.05) is 12.2 Å². The van der Waals surface area contributed by atoms with E-state index in [1.54, 1.807) is 11.3 Å². The number of rotatable bonds is 7. The van der Waals surface area contributed by atoms with Gasteiger partial charge in [-0.05, 0) is 60.6 Å². The normalized spacial score (nSPS) is 12.4. The fourth-order valence-corrected chi connectivity index (χ4v) is 2.63. The number of benzene rings is 1. The Morgan fingerprint density at radius 3 is 2.57 bits per heavy atom. The lowest BCUT2D eigenvalue weighted by Crippen LogP contribution is -2.39. The first kappa shape index (κ1) is 17.4. The molecule has 4 nitrogen and oxygen atoms in total. The zero-order valence-electron chi connectivity index (χ0n) is 12.8. The van der Waals surface area contributed by atoms with Crippen molar-refractivity contribution in [2.45, 2.75) is 26.1 Å². The van der Waals surface area contributed by atoms with Crippen LogP contribution in [0.1, 0.15) is 12.5 Å². The van der Waals surface area contributed by atoms with E-state index in [1.165, 1.54) is 24.3 Å². The van der Waals surface area contributed by atoms with Crippen molar-refractivity contribution in [2.75, 3.05) is 12.4 Å². The summed E-state index contributed by atoms with van der Waals surface area (Å²) in [6, 6.07) is 7.53. The van der Waals surface area contributed by atoms with Crippen molar-refractivity contribution in [3.63, 3.8) is 0 Å². The van der Waals surface area contributed by atoms with Crippen LogP contribution in [-0.4, -0.2) is 30.5 Å². The second-order valence-electron chi connectivity index (χ2n) is 5.11. The summed E-state index contributed by atoms with van der Waals surface area (Å²) in [6.07, 6.45) is 0. The fraction of sp³-hybridized carbons (Fsp3) is 0.312. The molecule has 1 heterocycles. The van der Waals surface area contributed by atoms with Gasteiger partial charge >= 0.3 is 6.61 Å². The van der Waals surface area contributed by atoms with Crippen LogP contribution < -0.4 is 10.1 Å². The first-order valence-corrected chi connectivity index (χ1v) is 7.97. The van der Waals surface area contributed by atoms with Gasteiger partial charge in [-0.2, -0.15) is 20.1 Å². The summed E-state index contributed by atoms with van der Waals surface area (Å²) < 4.78 is 28.4. The molecule has 0 aliphatic rings. The Morgan fingerprint density at radius 2 is 2.00 bits per heavy atom. The third-order valence-corrected chi connectivity index (χ3v) is 4.13. The summed E-state index contributed by atoms with van der Waals surface area (Å²) in [5, 5.41) is 6.80. The maximum Gasteiger partial charge on any atom is 0.387 e. The molecule has 1 atom stereocenters. The monoisotopic (exact) mass is 340 g/mol. The molecule has 0 bridgehead atoms. The van der Waals surface area contributed by atoms with Crippen molar-refractivity contribution in [3.8, 4) is 5.75 Å². The summed E-state index contributed by atoms with van der Waals surface area (Å²) in [5.41, 5.74) is 1.69. The standard InChI is InChI=1S/C16H18F2N2O2S/c1-11(20(2)9-12-7-8-23-10-12)15(21)19-13-3-5-14(6-4-13)22-16(17)18/h3-8,10-11,16H,9H2,1-2H3,(H,19,21). The van der Waals surface area contributed by atoms with Crippen LogP contribution in [0, 0.1) is 0 Å². The Hall–Kier alpha value is -1.99. The van der Waals surface area contributed by atoms with E-state index in [1.807, 2.05) is 35.7 Å². The Labute approximate surface area is 137 Å². The van der Waals surface area contributed by atoms with Crippen LogP contribution in [0.25, 0.3) is 0 Å². The summed E-state index contributed by atoms with van der Waals surface area (Å²) >= 11 is 1.62. The van der Waals surface area contributed by atoms with E-state index >= 15 is 0 Å². The van der Waals surface area contributed by atoms with Gasteiger partial charge in [-0.25, -0.2) is 0 Å². The first-order valence-electron chi connectivity index (χ1n) is 7.03. The molecule has 1 aromatic carbocycles. The van der Waals surface area contributed by atoms with Gasteiger partial charge in [-0.1, -0.05) is 0 Å². The molecule has 2 rings (SSSR count). The highest BCUT2D eigenvalue weighted by Gasteiger charge is 2.18. The van der Waals surface area contributed by atoms with E-state index in [9.17, 15) is 13.6 Å². The molecule has 124 valence electrons. The minimum Gasteiger partial charge on any atom is -0.435 e. The predicted molar refractivity (Wildman–Crippen MR) is 87.0 cm³/mol. The van der Waals surface area contributed by atoms with Gasteiger partial charge in [-0.3, -0.25) is 9.69 Å². The van der Waals surface area contributed by atoms with Crippen LogP contribution in [0.4, 0.5) is 14.5 Å². The number of halogens is 2. The number of amides is 1. The number of carbonyl (C=O) groups is 1. The van der Waals surface area contributed by atoms with Gasteiger partial charge in [-0.15, -0.1) is 0 Å². The molecule has 7 heteroatoms. The molecule has 2 aromatic rings. The number of likely N-dealkylation sites (N-methyl/N-ethyl adjacent to an activating group) is 1. The number of nitrogens with one attached hydrogen (secondary N) is 1. The third-order valence-electron chi connectivity index (χ3n) is 3.40. The minimum absolute atomic E-state index is 0.0561. The molecule has 1 amide bonds. The Balaban J connectivity index is 1.89. The molecule has 1 N–H and O–H groups in total. The number of ether oxygens (including phenoxy) is 1. The third kappa shape index (κ3) is 5.30. The highest BCUT2D eigenvalue weighted by Crippen LogP contribution is 2.18. The van der Waals surface area contributed by atoms with E-state index in [0.717, 1.165) is 5.56 Å². The van der Waals surface area contributed by atoms with Gasteiger partial charge < -0.3 is 10.1 Å². The molecule has 0 aliphatic heterocycles. The molecule has 0 spiro atoms. The number of carbonyl (C=O) groups excluding carboxylic acids is 1. The quantitative estimate of drug-likeness (QED) is 0.833. The van der Waals surface area contributed by atoms with Crippen molar-refractivity contribution in [3.05, 3.63) is 46.7 Å². The average molecular weight is 340 g/mol. The fourth-order valence-electron chi connectivity index (χ4n) is 1.97. The first-order chi connectivity index (χ1) is 11.0. The lowest BCUT2D eigenvalue weighted by Gasteiger charge is -2.23. The molecule has 0 radical (unpaired) electrons. The Morgan fingerprint density at radius 1 is 1.30 bits per heavy atom. The van der Waals surface area contributed by atoms with Crippen molar-refractivity contribution in [1.82, 2.24) is 4.90 Å². The molecule has 1 unspecified atom stereocenters. The summed E-state index contributed by atoms with van der Waals surface area (Å²) in [4.78, 5) is 14.2. The number of thiophene rings is 1. The van der Waals surface area contributed by atoms with Gasteiger partial charge in [0.25, 0.3) is 0 Å². The molecule has 0 fully saturated rings. The van der Waals surface area contributed by atoms with Gasteiger partial charge in [0.05, 0.1) is 6.04 Å². The van der Waals surface area contributed by atoms with E-state index < -0.39 is 6.61 Å². The number of anilines is 1. The maximum absolute atomic E-state index is 12.2. The second kappa shape index (κ2) is 8.03. The Kier molecular flexibility index (Phi) is 6.06. The number of alkyl halides is 2. The van der Waals surface area contributed by atoms with Gasteiger partial charge in [0.15, 0.2) is 0 Å². The van der Waals surface area contributed by atoms with Crippen molar-refractivity contribution in [1.29, 1.82) is 0 Å². The SMILES string of the molecule is CC(C(=O)Nc1ccc(OC(F)F)cc1)N(C)Cc1ccsc1. The van der Waals surface area contributed by atoms with Gasteiger partial charge in [0.1, 0.15) is 5.75 Å². The predicted octanol–water partition coefficient (Wildman–Crippen LogP) is 3.81. The zero-order valence-corrected chi connectivity index (χ0v) is 13.6. The number of nitrogens with zero attached hydrogens (tertiary/aromatic N) is 1. The topological polar surface area (TPSA) is 41.6 Å². The maximum atomic E-state index is 12.2. The van der Waals surface area contributed by atoms with Crippen LogP contribution in [0.2, 0.25) is 0 Å². The van der Waals surface area contributed by atoms with E-state index in [2.05, 4.69) is 10.1 Å². The Bertz CT molecular complexity index is 618. The molecule has 1 aromatic heterocycles. The molecule has 23 heavy (non-hydrogen) atoms. The number of hydrogen-bond donors (Lipinski definition) is 1. The van der Waals surface area contributed by atoms with Crippen LogP contribution in [0.5, 0.6) is 5.75 Å². The second-order valence-corrected chi connectivity index (χ2v) is 5.89. The molecule has 0 aliphatic carbocycles. The van der Waals surface area contributed by atoms with Crippen LogP contribution >= 0.6 is 11.3 Å². The summed E-state index contributed by atoms with van der Waals surface area (Å²) in [6.45, 7) is -0.365. The average Bonchev–Trinajstić information content (AvgIpc) is 3.00. The van der Waals surface area contributed by atoms with Crippen LogP contribution in [0.3, 0.4) is 0 Å². The lowest BCUT2D eigenvalue weighted by atomic mass is 10.2. The van der Waals surface area contributed by atoms with E-state index in [-0.39, 0.29) is 17.7 Å². The van der Waals surface area contributed by atoms with E-state index in [4.69, 9.17) is 0 Å². The molecular formula is C16H18F2N2O2S. The van der Waals surface area contributed by atoms with Crippen LogP contribution in [-0.2, 0) is 11.3 Å².